The van der Waals surface area contributed by atoms with Crippen molar-refractivity contribution in [3.8, 4) is 0 Å². The molecule has 84 valence electrons. The van der Waals surface area contributed by atoms with Crippen molar-refractivity contribution in [3.05, 3.63) is 0 Å². The van der Waals surface area contributed by atoms with Crippen LogP contribution in [0.25, 0.3) is 0 Å². The Balaban J connectivity index is 2.08. The van der Waals surface area contributed by atoms with Crippen molar-refractivity contribution < 1.29 is 23.4 Å². The first-order valence-electron chi connectivity index (χ1n) is 4.53. The molecule has 1 saturated heterocycles. The number of rotatable bonds is 5. The van der Waals surface area contributed by atoms with Gasteiger partial charge in [-0.05, 0) is 6.42 Å². The number of hydrogen-bond acceptors (Lipinski definition) is 4. The number of alkyl halides is 2. The molecule has 0 aromatic rings. The minimum absolute atomic E-state index is 0.0711. The molecule has 1 aliphatic rings. The van der Waals surface area contributed by atoms with Gasteiger partial charge in [-0.2, -0.15) is 0 Å². The first-order valence-corrected chi connectivity index (χ1v) is 4.53. The minimum Gasteiger partial charge on any atom is -0.390 e. The highest BCUT2D eigenvalue weighted by atomic mass is 19.3. The molecule has 0 radical (unpaired) electrons. The Hall–Kier alpha value is -0.300. The Bertz CT molecular complexity index is 163. The lowest BCUT2D eigenvalue weighted by atomic mass is 10.2. The highest BCUT2D eigenvalue weighted by Gasteiger charge is 2.27. The molecule has 0 aliphatic carbocycles. The average Bonchev–Trinajstić information content (AvgIpc) is 2.19. The normalized spacial score (nSPS) is 23.8. The van der Waals surface area contributed by atoms with Crippen LogP contribution >= 0.6 is 0 Å². The van der Waals surface area contributed by atoms with Crippen molar-refractivity contribution in [3.63, 3.8) is 0 Å². The zero-order chi connectivity index (χ0) is 10.4. The second-order valence-electron chi connectivity index (χ2n) is 3.25. The first-order chi connectivity index (χ1) is 6.64. The van der Waals surface area contributed by atoms with E-state index in [1.807, 2.05) is 0 Å². The van der Waals surface area contributed by atoms with E-state index >= 15 is 0 Å². The van der Waals surface area contributed by atoms with Gasteiger partial charge in [-0.15, -0.1) is 0 Å². The molecule has 1 rings (SSSR count). The lowest BCUT2D eigenvalue weighted by Gasteiger charge is -2.24. The molecule has 0 spiro atoms. The predicted octanol–water partition coefficient (Wildman–Crippen LogP) is -0.0334. The summed E-state index contributed by atoms with van der Waals surface area (Å²) >= 11 is 0. The van der Waals surface area contributed by atoms with Crippen LogP contribution in [0.4, 0.5) is 8.78 Å². The molecule has 4 nitrogen and oxygen atoms in total. The van der Waals surface area contributed by atoms with Crippen LogP contribution in [0.2, 0.25) is 0 Å². The summed E-state index contributed by atoms with van der Waals surface area (Å²) in [5.41, 5.74) is 0. The lowest BCUT2D eigenvalue weighted by molar-refractivity contribution is -0.138. The quantitative estimate of drug-likeness (QED) is 0.670. The van der Waals surface area contributed by atoms with Gasteiger partial charge in [-0.3, -0.25) is 0 Å². The van der Waals surface area contributed by atoms with Crippen molar-refractivity contribution in [1.29, 1.82) is 0 Å². The van der Waals surface area contributed by atoms with Crippen LogP contribution in [0.15, 0.2) is 0 Å². The van der Waals surface area contributed by atoms with Crippen LogP contribution in [0.3, 0.4) is 0 Å². The molecule has 1 fully saturated rings. The van der Waals surface area contributed by atoms with E-state index in [1.54, 1.807) is 0 Å². The van der Waals surface area contributed by atoms with E-state index in [0.717, 1.165) is 0 Å². The standard InChI is InChI=1S/C8H15F2NO3/c9-8(10,5-12)4-11-3-7-1-2-13-6-14-7/h7,11-12H,1-6H2. The molecule has 1 aliphatic heterocycles. The molecule has 2 N–H and O–H groups in total. The second-order valence-corrected chi connectivity index (χ2v) is 3.25. The summed E-state index contributed by atoms with van der Waals surface area (Å²) in [5.74, 6) is -3.05. The molecule has 0 bridgehead atoms. The number of ether oxygens (including phenoxy) is 2. The van der Waals surface area contributed by atoms with Crippen LogP contribution in [0.5, 0.6) is 0 Å². The molecule has 0 amide bonds. The number of halogens is 2. The number of hydrogen-bond donors (Lipinski definition) is 2. The third-order valence-electron chi connectivity index (χ3n) is 1.96. The van der Waals surface area contributed by atoms with Crippen LogP contribution in [0, 0.1) is 0 Å². The molecule has 1 heterocycles. The van der Waals surface area contributed by atoms with E-state index in [1.165, 1.54) is 0 Å². The smallest absolute Gasteiger partial charge is 0.282 e. The third kappa shape index (κ3) is 4.28. The van der Waals surface area contributed by atoms with Crippen molar-refractivity contribution in [2.75, 3.05) is 33.1 Å². The van der Waals surface area contributed by atoms with Crippen molar-refractivity contribution >= 4 is 0 Å². The molecule has 14 heavy (non-hydrogen) atoms. The fourth-order valence-corrected chi connectivity index (χ4v) is 1.13. The molecule has 1 atom stereocenters. The summed E-state index contributed by atoms with van der Waals surface area (Å²) in [6.45, 7) is -0.469. The van der Waals surface area contributed by atoms with Gasteiger partial charge in [0.1, 0.15) is 13.4 Å². The summed E-state index contributed by atoms with van der Waals surface area (Å²) in [6.07, 6.45) is 0.635. The van der Waals surface area contributed by atoms with Gasteiger partial charge >= 0.3 is 0 Å². The topological polar surface area (TPSA) is 50.7 Å². The summed E-state index contributed by atoms with van der Waals surface area (Å²) in [7, 11) is 0. The average molecular weight is 211 g/mol. The van der Waals surface area contributed by atoms with Crippen LogP contribution in [0.1, 0.15) is 6.42 Å². The maximum atomic E-state index is 12.5. The SMILES string of the molecule is OCC(F)(F)CNCC1CCOCO1. The molecule has 1 unspecified atom stereocenters. The molecule has 0 saturated carbocycles. The van der Waals surface area contributed by atoms with Crippen molar-refractivity contribution in [2.24, 2.45) is 0 Å². The third-order valence-corrected chi connectivity index (χ3v) is 1.96. The van der Waals surface area contributed by atoms with Gasteiger partial charge in [0.25, 0.3) is 5.92 Å². The molecular weight excluding hydrogens is 196 g/mol. The second kappa shape index (κ2) is 5.55. The lowest BCUT2D eigenvalue weighted by Crippen LogP contribution is -2.41. The molecular formula is C8H15F2NO3. The summed E-state index contributed by atoms with van der Waals surface area (Å²) in [4.78, 5) is 0. The van der Waals surface area contributed by atoms with E-state index in [4.69, 9.17) is 14.6 Å². The monoisotopic (exact) mass is 211 g/mol. The summed E-state index contributed by atoms with van der Waals surface area (Å²) < 4.78 is 35.1. The van der Waals surface area contributed by atoms with Gasteiger partial charge in [-0.25, -0.2) is 8.78 Å². The van der Waals surface area contributed by atoms with Gasteiger partial charge in [0.05, 0.1) is 19.3 Å². The van der Waals surface area contributed by atoms with Crippen molar-refractivity contribution in [2.45, 2.75) is 18.4 Å². The van der Waals surface area contributed by atoms with Crippen LogP contribution in [-0.2, 0) is 9.47 Å². The van der Waals surface area contributed by atoms with E-state index in [9.17, 15) is 8.78 Å². The number of aliphatic hydroxyl groups excluding tert-OH is 1. The molecule has 0 aromatic heterocycles. The largest absolute Gasteiger partial charge is 0.390 e. The number of nitrogens with one attached hydrogen (secondary N) is 1. The van der Waals surface area contributed by atoms with Gasteiger partial charge < -0.3 is 19.9 Å². The number of aliphatic hydroxyl groups is 1. The Labute approximate surface area is 81.2 Å². The summed E-state index contributed by atoms with van der Waals surface area (Å²) in [5, 5.41) is 10.8. The first kappa shape index (κ1) is 11.8. The van der Waals surface area contributed by atoms with Gasteiger partial charge in [0.2, 0.25) is 0 Å². The molecule has 0 aromatic carbocycles. The van der Waals surface area contributed by atoms with Gasteiger partial charge in [0, 0.05) is 6.54 Å². The highest BCUT2D eigenvalue weighted by Crippen LogP contribution is 2.10. The maximum absolute atomic E-state index is 12.5. The van der Waals surface area contributed by atoms with E-state index in [0.29, 0.717) is 19.6 Å². The zero-order valence-electron chi connectivity index (χ0n) is 7.84. The van der Waals surface area contributed by atoms with Crippen LogP contribution < -0.4 is 5.32 Å². The Morgan fingerprint density at radius 2 is 2.29 bits per heavy atom. The van der Waals surface area contributed by atoms with Gasteiger partial charge in [-0.1, -0.05) is 0 Å². The zero-order valence-corrected chi connectivity index (χ0v) is 7.84. The Kier molecular flexibility index (Phi) is 4.67. The van der Waals surface area contributed by atoms with E-state index in [-0.39, 0.29) is 12.9 Å². The molecule has 6 heteroatoms. The van der Waals surface area contributed by atoms with Crippen LogP contribution in [-0.4, -0.2) is 50.2 Å². The maximum Gasteiger partial charge on any atom is 0.282 e. The Morgan fingerprint density at radius 3 is 2.86 bits per heavy atom. The van der Waals surface area contributed by atoms with E-state index in [2.05, 4.69) is 5.32 Å². The fourth-order valence-electron chi connectivity index (χ4n) is 1.13. The van der Waals surface area contributed by atoms with E-state index < -0.39 is 19.1 Å². The van der Waals surface area contributed by atoms with Gasteiger partial charge in [0.15, 0.2) is 0 Å². The highest BCUT2D eigenvalue weighted by molar-refractivity contribution is 4.70. The fraction of sp³-hybridized carbons (Fsp3) is 1.00. The predicted molar refractivity (Wildman–Crippen MR) is 45.2 cm³/mol. The van der Waals surface area contributed by atoms with Crippen molar-refractivity contribution in [1.82, 2.24) is 5.32 Å². The minimum atomic E-state index is -3.05. The Morgan fingerprint density at radius 1 is 1.50 bits per heavy atom. The summed E-state index contributed by atoms with van der Waals surface area (Å²) in [6, 6.07) is 0.